The van der Waals surface area contributed by atoms with Gasteiger partial charge < -0.3 is 14.8 Å². The predicted molar refractivity (Wildman–Crippen MR) is 85.3 cm³/mol. The molecule has 0 bridgehead atoms. The van der Waals surface area contributed by atoms with Gasteiger partial charge in [0, 0.05) is 12.6 Å². The number of methoxy groups -OCH3 is 1. The van der Waals surface area contributed by atoms with E-state index >= 15 is 0 Å². The average molecular weight is 300 g/mol. The number of carbonyl (C=O) groups is 1. The molecule has 116 valence electrons. The van der Waals surface area contributed by atoms with Crippen molar-refractivity contribution in [3.8, 4) is 11.5 Å². The van der Waals surface area contributed by atoms with Crippen LogP contribution in [0.2, 0.25) is 0 Å². The maximum Gasteiger partial charge on any atom is 0.225 e. The van der Waals surface area contributed by atoms with E-state index in [0.29, 0.717) is 25.3 Å². The number of aromatic nitrogens is 1. The monoisotopic (exact) mass is 300 g/mol. The lowest BCUT2D eigenvalue weighted by Gasteiger charge is -2.07. The van der Waals surface area contributed by atoms with Crippen LogP contribution in [0.15, 0.2) is 42.6 Å². The molecule has 1 amide bonds. The Morgan fingerprint density at radius 1 is 1.14 bits per heavy atom. The largest absolute Gasteiger partial charge is 0.497 e. The number of hydrogen-bond donors (Lipinski definition) is 1. The first kappa shape index (κ1) is 15.8. The van der Waals surface area contributed by atoms with E-state index in [2.05, 4.69) is 10.3 Å². The average Bonchev–Trinajstić information content (AvgIpc) is 2.54. The van der Waals surface area contributed by atoms with Gasteiger partial charge in [0.05, 0.1) is 13.7 Å². The third kappa shape index (κ3) is 5.09. The molecule has 0 aliphatic carbocycles. The molecule has 1 aromatic heterocycles. The number of benzene rings is 1. The summed E-state index contributed by atoms with van der Waals surface area (Å²) in [4.78, 5) is 15.9. The molecule has 0 spiro atoms. The normalized spacial score (nSPS) is 10.1. The van der Waals surface area contributed by atoms with Crippen LogP contribution in [-0.4, -0.2) is 24.6 Å². The lowest BCUT2D eigenvalue weighted by Crippen LogP contribution is -2.13. The number of nitrogens with zero attached hydrogens (tertiary/aromatic N) is 1. The Balaban J connectivity index is 1.67. The summed E-state index contributed by atoms with van der Waals surface area (Å²) in [6, 6.07) is 11.1. The van der Waals surface area contributed by atoms with E-state index < -0.39 is 0 Å². The van der Waals surface area contributed by atoms with Gasteiger partial charge in [-0.25, -0.2) is 4.98 Å². The maximum atomic E-state index is 11.8. The summed E-state index contributed by atoms with van der Waals surface area (Å²) in [5.41, 5.74) is 1.06. The van der Waals surface area contributed by atoms with Crippen LogP contribution in [0.1, 0.15) is 18.4 Å². The highest BCUT2D eigenvalue weighted by atomic mass is 16.5. The van der Waals surface area contributed by atoms with Crippen LogP contribution < -0.4 is 14.8 Å². The van der Waals surface area contributed by atoms with Crippen LogP contribution in [0.4, 0.5) is 5.82 Å². The summed E-state index contributed by atoms with van der Waals surface area (Å²) in [6.45, 7) is 2.44. The molecule has 5 nitrogen and oxygen atoms in total. The minimum absolute atomic E-state index is 0.0605. The van der Waals surface area contributed by atoms with E-state index in [1.807, 2.05) is 37.3 Å². The summed E-state index contributed by atoms with van der Waals surface area (Å²) in [6.07, 6.45) is 2.76. The topological polar surface area (TPSA) is 60.5 Å². The number of pyridine rings is 1. The molecular weight excluding hydrogens is 280 g/mol. The molecule has 1 aromatic carbocycles. The van der Waals surface area contributed by atoms with Gasteiger partial charge >= 0.3 is 0 Å². The Kier molecular flexibility index (Phi) is 5.77. The van der Waals surface area contributed by atoms with E-state index in [1.54, 1.807) is 19.4 Å². The standard InChI is InChI=1S/C17H20N2O3/c1-13-5-10-16(18-12-13)19-17(20)4-3-11-22-15-8-6-14(21-2)7-9-15/h5-10,12H,3-4,11H2,1-2H3,(H,18,19,20). The Morgan fingerprint density at radius 2 is 1.86 bits per heavy atom. The zero-order valence-corrected chi connectivity index (χ0v) is 12.8. The molecule has 0 fully saturated rings. The molecular formula is C17H20N2O3. The molecule has 5 heteroatoms. The number of hydrogen-bond acceptors (Lipinski definition) is 4. The van der Waals surface area contributed by atoms with Crippen molar-refractivity contribution in [2.24, 2.45) is 0 Å². The lowest BCUT2D eigenvalue weighted by molar-refractivity contribution is -0.116. The molecule has 22 heavy (non-hydrogen) atoms. The lowest BCUT2D eigenvalue weighted by atomic mass is 10.3. The number of rotatable bonds is 7. The van der Waals surface area contributed by atoms with Gasteiger partial charge in [0.25, 0.3) is 0 Å². The van der Waals surface area contributed by atoms with E-state index in [-0.39, 0.29) is 5.91 Å². The van der Waals surface area contributed by atoms with Crippen LogP contribution in [0.5, 0.6) is 11.5 Å². The fraction of sp³-hybridized carbons (Fsp3) is 0.294. The molecule has 2 rings (SSSR count). The molecule has 1 heterocycles. The maximum absolute atomic E-state index is 11.8. The second kappa shape index (κ2) is 8.02. The summed E-state index contributed by atoms with van der Waals surface area (Å²) < 4.78 is 10.6. The highest BCUT2D eigenvalue weighted by Gasteiger charge is 2.03. The third-order valence-electron chi connectivity index (χ3n) is 3.06. The second-order valence-corrected chi connectivity index (χ2v) is 4.90. The number of amides is 1. The Hall–Kier alpha value is -2.56. The first-order valence-corrected chi connectivity index (χ1v) is 7.17. The molecule has 0 unspecified atom stereocenters. The quantitative estimate of drug-likeness (QED) is 0.798. The van der Waals surface area contributed by atoms with Crippen molar-refractivity contribution in [1.29, 1.82) is 0 Å². The van der Waals surface area contributed by atoms with Gasteiger partial charge in [-0.1, -0.05) is 6.07 Å². The SMILES string of the molecule is COc1ccc(OCCCC(=O)Nc2ccc(C)cn2)cc1. The summed E-state index contributed by atoms with van der Waals surface area (Å²) in [5.74, 6) is 2.07. The van der Waals surface area contributed by atoms with Crippen molar-refractivity contribution >= 4 is 11.7 Å². The molecule has 0 aliphatic rings. The van der Waals surface area contributed by atoms with Crippen LogP contribution in [0, 0.1) is 6.92 Å². The van der Waals surface area contributed by atoms with Gasteiger partial charge in [0.2, 0.25) is 5.91 Å². The Morgan fingerprint density at radius 3 is 2.50 bits per heavy atom. The molecule has 0 radical (unpaired) electrons. The van der Waals surface area contributed by atoms with Gasteiger partial charge in [-0.3, -0.25) is 4.79 Å². The second-order valence-electron chi connectivity index (χ2n) is 4.90. The third-order valence-corrected chi connectivity index (χ3v) is 3.06. The molecule has 0 saturated heterocycles. The number of ether oxygens (including phenoxy) is 2. The van der Waals surface area contributed by atoms with E-state index in [1.165, 1.54) is 0 Å². The van der Waals surface area contributed by atoms with Crippen molar-refractivity contribution in [2.45, 2.75) is 19.8 Å². The fourth-order valence-corrected chi connectivity index (χ4v) is 1.84. The zero-order chi connectivity index (χ0) is 15.8. The molecule has 2 aromatic rings. The first-order valence-electron chi connectivity index (χ1n) is 7.17. The summed E-state index contributed by atoms with van der Waals surface area (Å²) in [7, 11) is 1.62. The van der Waals surface area contributed by atoms with Crippen LogP contribution in [0.25, 0.3) is 0 Å². The molecule has 0 saturated carbocycles. The zero-order valence-electron chi connectivity index (χ0n) is 12.8. The van der Waals surface area contributed by atoms with Gasteiger partial charge in [0.15, 0.2) is 0 Å². The Labute approximate surface area is 130 Å². The number of carbonyl (C=O) groups excluding carboxylic acids is 1. The molecule has 0 aliphatic heterocycles. The van der Waals surface area contributed by atoms with Gasteiger partial charge in [-0.2, -0.15) is 0 Å². The van der Waals surface area contributed by atoms with E-state index in [0.717, 1.165) is 17.1 Å². The van der Waals surface area contributed by atoms with Crippen molar-refractivity contribution in [3.63, 3.8) is 0 Å². The van der Waals surface area contributed by atoms with Gasteiger partial charge in [-0.15, -0.1) is 0 Å². The van der Waals surface area contributed by atoms with Crippen LogP contribution >= 0.6 is 0 Å². The minimum Gasteiger partial charge on any atom is -0.497 e. The van der Waals surface area contributed by atoms with Gasteiger partial charge in [-0.05, 0) is 49.2 Å². The Bertz CT molecular complexity index is 594. The number of aryl methyl sites for hydroxylation is 1. The van der Waals surface area contributed by atoms with E-state index in [4.69, 9.17) is 9.47 Å². The number of nitrogens with one attached hydrogen (secondary N) is 1. The summed E-state index contributed by atoms with van der Waals surface area (Å²) in [5, 5.41) is 2.76. The smallest absolute Gasteiger partial charge is 0.225 e. The number of anilines is 1. The highest BCUT2D eigenvalue weighted by Crippen LogP contribution is 2.17. The van der Waals surface area contributed by atoms with Crippen molar-refractivity contribution in [1.82, 2.24) is 4.98 Å². The van der Waals surface area contributed by atoms with Crippen LogP contribution in [0.3, 0.4) is 0 Å². The predicted octanol–water partition coefficient (Wildman–Crippen LogP) is 3.20. The van der Waals surface area contributed by atoms with Crippen molar-refractivity contribution < 1.29 is 14.3 Å². The summed E-state index contributed by atoms with van der Waals surface area (Å²) >= 11 is 0. The van der Waals surface area contributed by atoms with Crippen molar-refractivity contribution in [2.75, 3.05) is 19.0 Å². The molecule has 0 atom stereocenters. The van der Waals surface area contributed by atoms with Crippen LogP contribution in [-0.2, 0) is 4.79 Å². The minimum atomic E-state index is -0.0605. The van der Waals surface area contributed by atoms with E-state index in [9.17, 15) is 4.79 Å². The molecule has 1 N–H and O–H groups in total. The van der Waals surface area contributed by atoms with Gasteiger partial charge in [0.1, 0.15) is 17.3 Å². The fourth-order valence-electron chi connectivity index (χ4n) is 1.84. The highest BCUT2D eigenvalue weighted by molar-refractivity contribution is 5.89. The first-order chi connectivity index (χ1) is 10.7. The van der Waals surface area contributed by atoms with Crippen molar-refractivity contribution in [3.05, 3.63) is 48.2 Å².